The number of nitrogens with two attached hydrogens (primary N) is 1. The molecule has 0 bridgehead atoms. The van der Waals surface area contributed by atoms with Crippen LogP contribution in [0.2, 0.25) is 0 Å². The third-order valence-electron chi connectivity index (χ3n) is 2.22. The van der Waals surface area contributed by atoms with Crippen molar-refractivity contribution in [1.29, 1.82) is 0 Å². The Bertz CT molecular complexity index is 306. The van der Waals surface area contributed by atoms with Crippen LogP contribution in [0.4, 0.5) is 0 Å². The van der Waals surface area contributed by atoms with Crippen LogP contribution in [0, 0.1) is 6.92 Å². The second-order valence-corrected chi connectivity index (χ2v) is 4.52. The lowest BCUT2D eigenvalue weighted by Crippen LogP contribution is -2.23. The van der Waals surface area contributed by atoms with Gasteiger partial charge in [-0.05, 0) is 30.4 Å². The Morgan fingerprint density at radius 3 is 2.86 bits per heavy atom. The second kappa shape index (κ2) is 5.27. The van der Waals surface area contributed by atoms with E-state index in [1.165, 1.54) is 11.3 Å². The number of aryl methyl sites for hydroxylation is 1. The minimum Gasteiger partial charge on any atom is -0.327 e. The van der Waals surface area contributed by atoms with Gasteiger partial charge in [0, 0.05) is 12.5 Å². The zero-order valence-electron chi connectivity index (χ0n) is 8.75. The Kier molecular flexibility index (Phi) is 4.29. The van der Waals surface area contributed by atoms with Gasteiger partial charge in [0.1, 0.15) is 0 Å². The predicted octanol–water partition coefficient (Wildman–Crippen LogP) is 2.76. The molecule has 78 valence electrons. The van der Waals surface area contributed by atoms with E-state index >= 15 is 0 Å². The van der Waals surface area contributed by atoms with Crippen molar-refractivity contribution in [1.82, 2.24) is 0 Å². The third-order valence-corrected chi connectivity index (χ3v) is 3.28. The molecule has 1 atom stereocenters. The SMILES string of the molecule is CCCC(N)CC(=O)c1sccc1C. The Morgan fingerprint density at radius 1 is 1.64 bits per heavy atom. The Hall–Kier alpha value is -0.670. The lowest BCUT2D eigenvalue weighted by atomic mass is 10.0. The lowest BCUT2D eigenvalue weighted by molar-refractivity contribution is 0.0976. The predicted molar refractivity (Wildman–Crippen MR) is 60.9 cm³/mol. The number of Topliss-reactive ketones (excluding diaryl/α,β-unsaturated/α-hetero) is 1. The van der Waals surface area contributed by atoms with Gasteiger partial charge in [-0.2, -0.15) is 0 Å². The fourth-order valence-electron chi connectivity index (χ4n) is 1.46. The Balaban J connectivity index is 2.55. The molecule has 2 N–H and O–H groups in total. The van der Waals surface area contributed by atoms with Crippen molar-refractivity contribution in [3.05, 3.63) is 21.9 Å². The van der Waals surface area contributed by atoms with Crippen molar-refractivity contribution in [2.75, 3.05) is 0 Å². The molecule has 0 aromatic carbocycles. The maximum absolute atomic E-state index is 11.7. The lowest BCUT2D eigenvalue weighted by Gasteiger charge is -2.08. The van der Waals surface area contributed by atoms with Gasteiger partial charge >= 0.3 is 0 Å². The molecule has 1 heterocycles. The molecule has 0 aliphatic heterocycles. The molecule has 0 aliphatic rings. The molecule has 0 amide bonds. The van der Waals surface area contributed by atoms with E-state index < -0.39 is 0 Å². The van der Waals surface area contributed by atoms with Crippen LogP contribution in [0.25, 0.3) is 0 Å². The molecule has 2 nitrogen and oxygen atoms in total. The maximum atomic E-state index is 11.7. The van der Waals surface area contributed by atoms with Crippen LogP contribution in [0.15, 0.2) is 11.4 Å². The molecule has 0 spiro atoms. The van der Waals surface area contributed by atoms with Crippen molar-refractivity contribution < 1.29 is 4.79 Å². The highest BCUT2D eigenvalue weighted by atomic mass is 32.1. The summed E-state index contributed by atoms with van der Waals surface area (Å²) in [6, 6.07) is 2.00. The standard InChI is InChI=1S/C11H17NOS/c1-3-4-9(12)7-10(13)11-8(2)5-6-14-11/h5-6,9H,3-4,7,12H2,1-2H3. The van der Waals surface area contributed by atoms with Gasteiger partial charge in [-0.25, -0.2) is 0 Å². The van der Waals surface area contributed by atoms with Crippen molar-refractivity contribution >= 4 is 17.1 Å². The van der Waals surface area contributed by atoms with E-state index in [1.807, 2.05) is 18.4 Å². The number of carbonyl (C=O) groups is 1. The van der Waals surface area contributed by atoms with Gasteiger partial charge in [0.25, 0.3) is 0 Å². The second-order valence-electron chi connectivity index (χ2n) is 3.61. The third kappa shape index (κ3) is 2.93. The molecule has 0 saturated carbocycles. The van der Waals surface area contributed by atoms with Gasteiger partial charge < -0.3 is 5.73 Å². The monoisotopic (exact) mass is 211 g/mol. The fourth-order valence-corrected chi connectivity index (χ4v) is 2.34. The van der Waals surface area contributed by atoms with Crippen molar-refractivity contribution in [2.24, 2.45) is 5.73 Å². The first-order valence-electron chi connectivity index (χ1n) is 4.98. The van der Waals surface area contributed by atoms with Crippen molar-refractivity contribution in [2.45, 2.75) is 39.2 Å². The highest BCUT2D eigenvalue weighted by molar-refractivity contribution is 7.12. The number of carbonyl (C=O) groups excluding carboxylic acids is 1. The zero-order chi connectivity index (χ0) is 10.6. The quantitative estimate of drug-likeness (QED) is 0.761. The average molecular weight is 211 g/mol. The smallest absolute Gasteiger partial charge is 0.174 e. The molecule has 0 aliphatic carbocycles. The summed E-state index contributed by atoms with van der Waals surface area (Å²) in [5.74, 6) is 0.193. The molecule has 1 unspecified atom stereocenters. The topological polar surface area (TPSA) is 43.1 Å². The van der Waals surface area contributed by atoms with Gasteiger partial charge in [-0.15, -0.1) is 11.3 Å². The van der Waals surface area contributed by atoms with Crippen LogP contribution in [-0.4, -0.2) is 11.8 Å². The van der Waals surface area contributed by atoms with E-state index in [1.54, 1.807) is 0 Å². The van der Waals surface area contributed by atoms with Crippen molar-refractivity contribution in [3.63, 3.8) is 0 Å². The zero-order valence-corrected chi connectivity index (χ0v) is 9.56. The van der Waals surface area contributed by atoms with Crippen LogP contribution in [0.5, 0.6) is 0 Å². The van der Waals surface area contributed by atoms with Crippen LogP contribution < -0.4 is 5.73 Å². The average Bonchev–Trinajstić information content (AvgIpc) is 2.51. The largest absolute Gasteiger partial charge is 0.327 e. The van der Waals surface area contributed by atoms with Crippen LogP contribution in [0.1, 0.15) is 41.4 Å². The van der Waals surface area contributed by atoms with Crippen molar-refractivity contribution in [3.8, 4) is 0 Å². The minimum atomic E-state index is 0.0222. The van der Waals surface area contributed by atoms with E-state index in [0.29, 0.717) is 6.42 Å². The fraction of sp³-hybridized carbons (Fsp3) is 0.545. The van der Waals surface area contributed by atoms with Gasteiger partial charge in [-0.1, -0.05) is 13.3 Å². The summed E-state index contributed by atoms with van der Waals surface area (Å²) in [6.45, 7) is 4.05. The Labute approximate surface area is 89.1 Å². The first-order chi connectivity index (χ1) is 6.65. The number of hydrogen-bond acceptors (Lipinski definition) is 3. The number of hydrogen-bond donors (Lipinski definition) is 1. The van der Waals surface area contributed by atoms with Gasteiger partial charge in [0.2, 0.25) is 0 Å². The molecule has 14 heavy (non-hydrogen) atoms. The summed E-state index contributed by atoms with van der Waals surface area (Å²) in [7, 11) is 0. The summed E-state index contributed by atoms with van der Waals surface area (Å²) < 4.78 is 0. The normalized spacial score (nSPS) is 12.8. The molecule has 1 aromatic heterocycles. The summed E-state index contributed by atoms with van der Waals surface area (Å²) in [5, 5.41) is 1.95. The van der Waals surface area contributed by atoms with E-state index in [0.717, 1.165) is 23.3 Å². The summed E-state index contributed by atoms with van der Waals surface area (Å²) in [4.78, 5) is 12.6. The molecular formula is C11H17NOS. The van der Waals surface area contributed by atoms with Crippen LogP contribution in [-0.2, 0) is 0 Å². The molecule has 1 rings (SSSR count). The summed E-state index contributed by atoms with van der Waals surface area (Å²) in [5.41, 5.74) is 6.90. The first kappa shape index (κ1) is 11.4. The number of rotatable bonds is 5. The van der Waals surface area contributed by atoms with Crippen LogP contribution in [0.3, 0.4) is 0 Å². The number of thiophene rings is 1. The minimum absolute atomic E-state index is 0.0222. The Morgan fingerprint density at radius 2 is 2.36 bits per heavy atom. The van der Waals surface area contributed by atoms with Gasteiger partial charge in [-0.3, -0.25) is 4.79 Å². The summed E-state index contributed by atoms with van der Waals surface area (Å²) >= 11 is 1.51. The highest BCUT2D eigenvalue weighted by Gasteiger charge is 2.13. The molecule has 0 fully saturated rings. The van der Waals surface area contributed by atoms with E-state index in [9.17, 15) is 4.79 Å². The molecule has 0 saturated heterocycles. The molecule has 3 heteroatoms. The van der Waals surface area contributed by atoms with Gasteiger partial charge in [0.15, 0.2) is 5.78 Å². The highest BCUT2D eigenvalue weighted by Crippen LogP contribution is 2.18. The van der Waals surface area contributed by atoms with E-state index in [4.69, 9.17) is 5.73 Å². The molecule has 1 aromatic rings. The summed E-state index contributed by atoms with van der Waals surface area (Å²) in [6.07, 6.45) is 2.45. The van der Waals surface area contributed by atoms with E-state index in [-0.39, 0.29) is 11.8 Å². The van der Waals surface area contributed by atoms with E-state index in [2.05, 4.69) is 6.92 Å². The molecule has 0 radical (unpaired) electrons. The molecular weight excluding hydrogens is 194 g/mol. The van der Waals surface area contributed by atoms with Crippen LogP contribution >= 0.6 is 11.3 Å². The first-order valence-corrected chi connectivity index (χ1v) is 5.86. The number of ketones is 1. The maximum Gasteiger partial charge on any atom is 0.174 e. The van der Waals surface area contributed by atoms with Gasteiger partial charge in [0.05, 0.1) is 4.88 Å².